The summed E-state index contributed by atoms with van der Waals surface area (Å²) in [4.78, 5) is 11.4. The van der Waals surface area contributed by atoms with Crippen LogP contribution in [0.1, 0.15) is 27.0 Å². The van der Waals surface area contributed by atoms with E-state index in [1.54, 1.807) is 12.1 Å². The number of rotatable bonds is 3. The Morgan fingerprint density at radius 1 is 0.963 bits per heavy atom. The van der Waals surface area contributed by atoms with Gasteiger partial charge in [-0.2, -0.15) is 0 Å². The van der Waals surface area contributed by atoms with Crippen LogP contribution in [0.15, 0.2) is 78.9 Å². The van der Waals surface area contributed by atoms with E-state index in [0.717, 1.165) is 11.1 Å². The lowest BCUT2D eigenvalue weighted by molar-refractivity contribution is 0.0600. The highest BCUT2D eigenvalue weighted by Crippen LogP contribution is 2.25. The standard InChI is InChI=1S/C25H20O2/c1-19-8-7-12-23(18-19)24-13-6-5-11-21(24)10-4-3-9-20-14-16-22(17-15-20)25(26)27-2/h4-8,10-18H,1-2H3/b10-4+. The van der Waals surface area contributed by atoms with Crippen molar-refractivity contribution in [2.24, 2.45) is 0 Å². The summed E-state index contributed by atoms with van der Waals surface area (Å²) < 4.78 is 4.69. The van der Waals surface area contributed by atoms with E-state index >= 15 is 0 Å². The lowest BCUT2D eigenvalue weighted by Crippen LogP contribution is -2.00. The molecule has 0 atom stereocenters. The average molecular weight is 352 g/mol. The molecule has 0 spiro atoms. The molecule has 2 nitrogen and oxygen atoms in total. The van der Waals surface area contributed by atoms with Crippen LogP contribution in [0.25, 0.3) is 17.2 Å². The fraction of sp³-hybridized carbons (Fsp3) is 0.0800. The molecule has 0 aliphatic carbocycles. The Labute approximate surface area is 160 Å². The molecule has 3 aromatic carbocycles. The Balaban J connectivity index is 1.78. The molecule has 0 saturated heterocycles. The van der Waals surface area contributed by atoms with Gasteiger partial charge in [0.05, 0.1) is 12.7 Å². The van der Waals surface area contributed by atoms with Crippen LogP contribution in [0, 0.1) is 18.8 Å². The normalized spacial score (nSPS) is 10.3. The molecule has 0 radical (unpaired) electrons. The summed E-state index contributed by atoms with van der Waals surface area (Å²) in [6.07, 6.45) is 3.87. The number of ether oxygens (including phenoxy) is 1. The van der Waals surface area contributed by atoms with Crippen LogP contribution in [0.5, 0.6) is 0 Å². The molecule has 0 fully saturated rings. The number of aryl methyl sites for hydroxylation is 1. The molecule has 3 rings (SSSR count). The summed E-state index contributed by atoms with van der Waals surface area (Å²) in [5.74, 6) is 5.79. The summed E-state index contributed by atoms with van der Waals surface area (Å²) in [7, 11) is 1.37. The second-order valence-corrected chi connectivity index (χ2v) is 6.13. The zero-order valence-corrected chi connectivity index (χ0v) is 15.4. The predicted octanol–water partition coefficient (Wildman–Crippen LogP) is 5.51. The van der Waals surface area contributed by atoms with E-state index in [4.69, 9.17) is 4.74 Å². The fourth-order valence-electron chi connectivity index (χ4n) is 2.78. The first-order valence-corrected chi connectivity index (χ1v) is 8.70. The molecule has 27 heavy (non-hydrogen) atoms. The van der Waals surface area contributed by atoms with Gasteiger partial charge in [-0.25, -0.2) is 4.79 Å². The molecule has 0 bridgehead atoms. The van der Waals surface area contributed by atoms with Gasteiger partial charge in [0.2, 0.25) is 0 Å². The van der Waals surface area contributed by atoms with Gasteiger partial charge in [0.25, 0.3) is 0 Å². The van der Waals surface area contributed by atoms with Crippen LogP contribution in [0.4, 0.5) is 0 Å². The van der Waals surface area contributed by atoms with Gasteiger partial charge in [0.15, 0.2) is 0 Å². The minimum absolute atomic E-state index is 0.345. The van der Waals surface area contributed by atoms with Gasteiger partial charge in [0.1, 0.15) is 0 Å². The lowest BCUT2D eigenvalue weighted by atomic mass is 9.98. The van der Waals surface area contributed by atoms with Gasteiger partial charge >= 0.3 is 5.97 Å². The van der Waals surface area contributed by atoms with Crippen LogP contribution in [0.2, 0.25) is 0 Å². The Hall–Kier alpha value is -3.57. The number of carbonyl (C=O) groups is 1. The Morgan fingerprint density at radius 3 is 2.48 bits per heavy atom. The Bertz CT molecular complexity index is 1030. The van der Waals surface area contributed by atoms with Crippen LogP contribution in [-0.2, 0) is 4.74 Å². The van der Waals surface area contributed by atoms with Crippen molar-refractivity contribution < 1.29 is 9.53 Å². The average Bonchev–Trinajstić information content (AvgIpc) is 2.71. The number of carbonyl (C=O) groups excluding carboxylic acids is 1. The van der Waals surface area contributed by atoms with Gasteiger partial charge in [0, 0.05) is 5.56 Å². The fourth-order valence-corrected chi connectivity index (χ4v) is 2.78. The third-order valence-electron chi connectivity index (χ3n) is 4.16. The maximum atomic E-state index is 11.4. The van der Waals surface area contributed by atoms with E-state index in [1.165, 1.54) is 23.8 Å². The number of hydrogen-bond acceptors (Lipinski definition) is 2. The minimum Gasteiger partial charge on any atom is -0.465 e. The quantitative estimate of drug-likeness (QED) is 0.459. The third-order valence-corrected chi connectivity index (χ3v) is 4.16. The SMILES string of the molecule is COC(=O)c1ccc(C#C/C=C/c2ccccc2-c2cccc(C)c2)cc1. The van der Waals surface area contributed by atoms with Crippen molar-refractivity contribution in [1.29, 1.82) is 0 Å². The highest BCUT2D eigenvalue weighted by atomic mass is 16.5. The lowest BCUT2D eigenvalue weighted by Gasteiger charge is -2.06. The van der Waals surface area contributed by atoms with E-state index < -0.39 is 0 Å². The van der Waals surface area contributed by atoms with Crippen LogP contribution in [0.3, 0.4) is 0 Å². The van der Waals surface area contributed by atoms with E-state index in [9.17, 15) is 4.79 Å². The van der Waals surface area contributed by atoms with Gasteiger partial charge in [-0.05, 0) is 60.0 Å². The monoisotopic (exact) mass is 352 g/mol. The molecular formula is C25H20O2. The first-order valence-electron chi connectivity index (χ1n) is 8.70. The topological polar surface area (TPSA) is 26.3 Å². The van der Waals surface area contributed by atoms with E-state index in [1.807, 2.05) is 36.4 Å². The second kappa shape index (κ2) is 8.69. The van der Waals surface area contributed by atoms with Crippen LogP contribution < -0.4 is 0 Å². The van der Waals surface area contributed by atoms with Gasteiger partial charge < -0.3 is 4.74 Å². The van der Waals surface area contributed by atoms with E-state index in [0.29, 0.717) is 5.56 Å². The molecule has 0 N–H and O–H groups in total. The van der Waals surface area contributed by atoms with Crippen molar-refractivity contribution in [3.8, 4) is 23.0 Å². The predicted molar refractivity (Wildman–Crippen MR) is 110 cm³/mol. The third kappa shape index (κ3) is 4.74. The molecule has 2 heteroatoms. The summed E-state index contributed by atoms with van der Waals surface area (Å²) in [5, 5.41) is 0. The first-order chi connectivity index (χ1) is 13.2. The molecule has 0 aliphatic rings. The number of hydrogen-bond donors (Lipinski definition) is 0. The number of esters is 1. The van der Waals surface area contributed by atoms with Crippen molar-refractivity contribution in [2.75, 3.05) is 7.11 Å². The molecule has 0 heterocycles. The first kappa shape index (κ1) is 18.2. The second-order valence-electron chi connectivity index (χ2n) is 6.13. The summed E-state index contributed by atoms with van der Waals surface area (Å²) in [6.45, 7) is 2.10. The van der Waals surface area contributed by atoms with Gasteiger partial charge in [-0.3, -0.25) is 0 Å². The summed E-state index contributed by atoms with van der Waals surface area (Å²) in [5.41, 5.74) is 6.10. The Kier molecular flexibility index (Phi) is 5.87. The van der Waals surface area contributed by atoms with Gasteiger partial charge in [-0.15, -0.1) is 0 Å². The van der Waals surface area contributed by atoms with E-state index in [-0.39, 0.29) is 5.97 Å². The largest absolute Gasteiger partial charge is 0.465 e. The smallest absolute Gasteiger partial charge is 0.337 e. The zero-order chi connectivity index (χ0) is 19.1. The number of benzene rings is 3. The number of methoxy groups -OCH3 is 1. The Morgan fingerprint density at radius 2 is 1.74 bits per heavy atom. The van der Waals surface area contributed by atoms with Crippen molar-refractivity contribution in [2.45, 2.75) is 6.92 Å². The van der Waals surface area contributed by atoms with Crippen molar-refractivity contribution in [3.63, 3.8) is 0 Å². The maximum Gasteiger partial charge on any atom is 0.337 e. The maximum absolute atomic E-state index is 11.4. The molecule has 0 aliphatic heterocycles. The minimum atomic E-state index is -0.345. The molecule has 0 aromatic heterocycles. The molecular weight excluding hydrogens is 332 g/mol. The highest BCUT2D eigenvalue weighted by molar-refractivity contribution is 5.89. The van der Waals surface area contributed by atoms with Crippen molar-refractivity contribution >= 4 is 12.0 Å². The molecule has 0 unspecified atom stereocenters. The summed E-state index contributed by atoms with van der Waals surface area (Å²) >= 11 is 0. The van der Waals surface area contributed by atoms with Crippen molar-refractivity contribution in [1.82, 2.24) is 0 Å². The van der Waals surface area contributed by atoms with E-state index in [2.05, 4.69) is 55.2 Å². The molecule has 0 amide bonds. The number of allylic oxidation sites excluding steroid dienone is 1. The van der Waals surface area contributed by atoms with Crippen molar-refractivity contribution in [3.05, 3.63) is 101 Å². The molecule has 3 aromatic rings. The zero-order valence-electron chi connectivity index (χ0n) is 15.4. The molecule has 0 saturated carbocycles. The summed E-state index contributed by atoms with van der Waals surface area (Å²) in [6, 6.07) is 23.8. The highest BCUT2D eigenvalue weighted by Gasteiger charge is 2.03. The van der Waals surface area contributed by atoms with Gasteiger partial charge in [-0.1, -0.05) is 65.9 Å². The van der Waals surface area contributed by atoms with Crippen LogP contribution >= 0.6 is 0 Å². The van der Waals surface area contributed by atoms with Crippen LogP contribution in [-0.4, -0.2) is 13.1 Å². The molecule has 132 valence electrons.